The van der Waals surface area contributed by atoms with E-state index in [9.17, 15) is 0 Å². The quantitative estimate of drug-likeness (QED) is 0.191. The maximum absolute atomic E-state index is 3.58. The van der Waals surface area contributed by atoms with Gasteiger partial charge in [0.15, 0.2) is 0 Å². The van der Waals surface area contributed by atoms with Crippen molar-refractivity contribution >= 4 is 35.0 Å². The van der Waals surface area contributed by atoms with Crippen molar-refractivity contribution in [3.63, 3.8) is 0 Å². The van der Waals surface area contributed by atoms with Gasteiger partial charge in [-0.2, -0.15) is 0 Å². The highest BCUT2D eigenvalue weighted by atomic mass is 127. The monoisotopic (exact) mass is 662 g/mol. The van der Waals surface area contributed by atoms with Gasteiger partial charge in [0.2, 0.25) is 0 Å². The number of nitrogens with zero attached hydrogens (tertiary/aromatic N) is 4. The third kappa shape index (κ3) is 6.82. The van der Waals surface area contributed by atoms with Gasteiger partial charge in [-0.3, -0.25) is 9.80 Å². The van der Waals surface area contributed by atoms with Crippen molar-refractivity contribution in [3.8, 4) is 23.5 Å². The van der Waals surface area contributed by atoms with Crippen LogP contribution in [0.1, 0.15) is 69.1 Å². The summed E-state index contributed by atoms with van der Waals surface area (Å²) in [4.78, 5) is 6.72. The van der Waals surface area contributed by atoms with Crippen molar-refractivity contribution < 1.29 is 0 Å². The zero-order chi connectivity index (χ0) is 30.6. The lowest BCUT2D eigenvalue weighted by Crippen LogP contribution is -2.37. The fourth-order valence-corrected chi connectivity index (χ4v) is 6.58. The molecule has 1 aliphatic rings. The predicted molar refractivity (Wildman–Crippen MR) is 187 cm³/mol. The van der Waals surface area contributed by atoms with Gasteiger partial charge >= 0.3 is 6.85 Å². The summed E-state index contributed by atoms with van der Waals surface area (Å²) in [6.07, 6.45) is 1.99. The molecule has 0 aliphatic carbocycles. The standard InChI is InChI=1S/C35H48BIN4/c1-13-30-25(3)34(41(27(30)5)36(21-15-23-38(8)9)22-16-24-39(10)11)32(28-17-19-29(37)20-18-28)33-26(4)31(14-2)35(6,7)40(33)12/h17-20H,13-14,23-24H2,1-12H3/b33-32-. The van der Waals surface area contributed by atoms with Crippen LogP contribution in [0.3, 0.4) is 0 Å². The molecule has 0 N–H and O–H groups in total. The van der Waals surface area contributed by atoms with Gasteiger partial charge in [0.05, 0.1) is 24.3 Å². The lowest BCUT2D eigenvalue weighted by molar-refractivity contribution is 0.271. The van der Waals surface area contributed by atoms with E-state index in [-0.39, 0.29) is 12.4 Å². The van der Waals surface area contributed by atoms with Crippen LogP contribution in [0.5, 0.6) is 0 Å². The van der Waals surface area contributed by atoms with Gasteiger partial charge in [-0.15, -0.1) is 11.6 Å². The second kappa shape index (κ2) is 13.7. The molecule has 0 fully saturated rings. The summed E-state index contributed by atoms with van der Waals surface area (Å²) >= 11 is 2.40. The molecule has 0 saturated carbocycles. The van der Waals surface area contributed by atoms with Gasteiger partial charge in [0.25, 0.3) is 0 Å². The van der Waals surface area contributed by atoms with E-state index >= 15 is 0 Å². The summed E-state index contributed by atoms with van der Waals surface area (Å²) < 4.78 is 3.68. The van der Waals surface area contributed by atoms with Gasteiger partial charge in [-0.25, -0.2) is 0 Å². The molecule has 0 unspecified atom stereocenters. The first-order valence-electron chi connectivity index (χ1n) is 14.7. The average Bonchev–Trinajstić information content (AvgIpc) is 3.24. The fraction of sp³-hybridized carbons (Fsp3) is 0.486. The third-order valence-electron chi connectivity index (χ3n) is 8.41. The van der Waals surface area contributed by atoms with E-state index in [0.717, 1.165) is 12.8 Å². The lowest BCUT2D eigenvalue weighted by Gasteiger charge is -2.35. The highest BCUT2D eigenvalue weighted by Crippen LogP contribution is 2.47. The van der Waals surface area contributed by atoms with Crippen molar-refractivity contribution in [2.45, 2.75) is 66.8 Å². The SMILES string of the molecule is CCC1=C(C)/C(=C(\c2ccc(I)cc2)c2c(C)c(CC)c(C)n2B(C#CCN(C)C)C#CCN(C)C)N(C)C1(C)C. The number of hydrogen-bond acceptors (Lipinski definition) is 3. The van der Waals surface area contributed by atoms with Crippen LogP contribution in [0.2, 0.25) is 0 Å². The molecule has 6 heteroatoms. The minimum Gasteiger partial charge on any atom is -0.366 e. The highest BCUT2D eigenvalue weighted by molar-refractivity contribution is 14.1. The Morgan fingerprint density at radius 1 is 0.902 bits per heavy atom. The molecule has 0 radical (unpaired) electrons. The first-order chi connectivity index (χ1) is 19.3. The molecule has 3 rings (SSSR count). The largest absolute Gasteiger partial charge is 0.433 e. The fourth-order valence-electron chi connectivity index (χ4n) is 6.22. The number of benzene rings is 1. The molecule has 0 atom stereocenters. The summed E-state index contributed by atoms with van der Waals surface area (Å²) in [5.74, 6) is 14.0. The minimum absolute atomic E-state index is 0.0625. The Balaban J connectivity index is 2.52. The molecule has 0 bridgehead atoms. The van der Waals surface area contributed by atoms with E-state index < -0.39 is 0 Å². The summed E-state index contributed by atoms with van der Waals surface area (Å²) in [6.45, 7) is 17.3. The normalized spacial score (nSPS) is 15.7. The number of likely N-dealkylation sites (N-methyl/N-ethyl adjacent to an activating group) is 1. The molecule has 0 saturated heterocycles. The number of allylic oxidation sites excluding steroid dienone is 1. The van der Waals surface area contributed by atoms with Crippen LogP contribution in [-0.2, 0) is 6.42 Å². The number of halogens is 1. The Labute approximate surface area is 264 Å². The van der Waals surface area contributed by atoms with Crippen molar-refractivity contribution in [2.75, 3.05) is 48.3 Å². The zero-order valence-corrected chi connectivity index (χ0v) is 29.5. The van der Waals surface area contributed by atoms with E-state index in [1.807, 2.05) is 0 Å². The molecule has 1 aliphatic heterocycles. The van der Waals surface area contributed by atoms with Gasteiger partial charge in [-0.1, -0.05) is 37.8 Å². The van der Waals surface area contributed by atoms with E-state index in [2.05, 4.69) is 173 Å². The second-order valence-corrected chi connectivity index (χ2v) is 13.3. The van der Waals surface area contributed by atoms with Gasteiger partial charge in [0, 0.05) is 27.6 Å². The molecule has 0 amide bonds. The molecular formula is C35H48BIN4. The Kier molecular flexibility index (Phi) is 11.1. The van der Waals surface area contributed by atoms with Crippen LogP contribution in [-0.4, -0.2) is 79.9 Å². The van der Waals surface area contributed by atoms with Gasteiger partial charge in [0.1, 0.15) is 0 Å². The first-order valence-corrected chi connectivity index (χ1v) is 15.8. The van der Waals surface area contributed by atoms with Crippen molar-refractivity contribution in [1.29, 1.82) is 0 Å². The Bertz CT molecular complexity index is 1420. The van der Waals surface area contributed by atoms with Crippen LogP contribution in [0.4, 0.5) is 0 Å². The van der Waals surface area contributed by atoms with Crippen LogP contribution >= 0.6 is 22.6 Å². The summed E-state index contributed by atoms with van der Waals surface area (Å²) in [5, 5.41) is 0. The third-order valence-corrected chi connectivity index (χ3v) is 9.13. The zero-order valence-electron chi connectivity index (χ0n) is 27.4. The van der Waals surface area contributed by atoms with Crippen LogP contribution < -0.4 is 0 Å². The van der Waals surface area contributed by atoms with Crippen molar-refractivity contribution in [2.24, 2.45) is 0 Å². The molecule has 218 valence electrons. The van der Waals surface area contributed by atoms with E-state index in [0.29, 0.717) is 13.1 Å². The maximum atomic E-state index is 3.58. The number of aromatic nitrogens is 1. The molecule has 1 aromatic carbocycles. The van der Waals surface area contributed by atoms with Crippen molar-refractivity contribution in [1.82, 2.24) is 19.2 Å². The van der Waals surface area contributed by atoms with E-state index in [1.165, 1.54) is 54.1 Å². The molecule has 0 spiro atoms. The average molecular weight is 663 g/mol. The lowest BCUT2D eigenvalue weighted by atomic mass is 9.63. The molecule has 1 aromatic heterocycles. The smallest absolute Gasteiger partial charge is 0.366 e. The van der Waals surface area contributed by atoms with Crippen molar-refractivity contribution in [3.05, 3.63) is 72.8 Å². The van der Waals surface area contributed by atoms with Crippen LogP contribution in [0.25, 0.3) is 5.57 Å². The summed E-state index contributed by atoms with van der Waals surface area (Å²) in [5.41, 5.74) is 11.8. The van der Waals surface area contributed by atoms with Crippen LogP contribution in [0, 0.1) is 40.9 Å². The molecule has 4 nitrogen and oxygen atoms in total. The summed E-state index contributed by atoms with van der Waals surface area (Å²) in [7, 11) is 10.5. The van der Waals surface area contributed by atoms with E-state index in [1.54, 1.807) is 0 Å². The minimum atomic E-state index is -0.252. The molecule has 41 heavy (non-hydrogen) atoms. The highest BCUT2D eigenvalue weighted by Gasteiger charge is 2.40. The Morgan fingerprint density at radius 2 is 1.44 bits per heavy atom. The Hall–Kier alpha value is -2.39. The Morgan fingerprint density at radius 3 is 1.88 bits per heavy atom. The molecule has 2 heterocycles. The van der Waals surface area contributed by atoms with Gasteiger partial charge in [-0.05, 0) is 138 Å². The second-order valence-electron chi connectivity index (χ2n) is 12.1. The topological polar surface area (TPSA) is 14.7 Å². The number of hydrogen-bond donors (Lipinski definition) is 0. The van der Waals surface area contributed by atoms with Gasteiger partial charge < -0.3 is 9.38 Å². The first kappa shape index (κ1) is 33.1. The molecule has 2 aromatic rings. The predicted octanol–water partition coefficient (Wildman–Crippen LogP) is 6.53. The maximum Gasteiger partial charge on any atom is 0.433 e. The molecular weight excluding hydrogens is 614 g/mol. The van der Waals surface area contributed by atoms with E-state index in [4.69, 9.17) is 0 Å². The number of rotatable bonds is 7. The summed E-state index contributed by atoms with van der Waals surface area (Å²) in [6, 6.07) is 9.00. The van der Waals surface area contributed by atoms with Crippen LogP contribution in [0.15, 0.2) is 41.1 Å².